The van der Waals surface area contributed by atoms with Crippen molar-refractivity contribution in [1.29, 1.82) is 0 Å². The van der Waals surface area contributed by atoms with Gasteiger partial charge in [0.1, 0.15) is 0 Å². The molecule has 0 rings (SSSR count). The van der Waals surface area contributed by atoms with Crippen LogP contribution in [0.5, 0.6) is 0 Å². The normalized spacial score (nSPS) is 14.3. The Morgan fingerprint density at radius 3 is 1.70 bits per heavy atom. The third-order valence-electron chi connectivity index (χ3n) is 4.02. The third kappa shape index (κ3) is 13.9. The van der Waals surface area contributed by atoms with Crippen molar-refractivity contribution in [2.45, 2.75) is 86.0 Å². The zero-order valence-corrected chi connectivity index (χ0v) is 14.4. The van der Waals surface area contributed by atoms with Crippen LogP contribution in [0.3, 0.4) is 0 Å². The van der Waals surface area contributed by atoms with Crippen molar-refractivity contribution in [2.75, 3.05) is 6.61 Å². The van der Waals surface area contributed by atoms with E-state index >= 15 is 0 Å². The van der Waals surface area contributed by atoms with E-state index in [0.29, 0.717) is 6.61 Å². The predicted octanol–water partition coefficient (Wildman–Crippen LogP) is 5.60. The number of rotatable bonds is 12. The van der Waals surface area contributed by atoms with E-state index in [2.05, 4.69) is 27.7 Å². The molecule has 0 aromatic heterocycles. The molecule has 0 aromatic rings. The maximum Gasteiger partial charge on any atom is 0.302 e. The second-order valence-corrected chi connectivity index (χ2v) is 6.95. The first-order valence-electron chi connectivity index (χ1n) is 8.55. The predicted molar refractivity (Wildman–Crippen MR) is 86.7 cm³/mol. The van der Waals surface area contributed by atoms with Crippen LogP contribution in [0.25, 0.3) is 0 Å². The summed E-state index contributed by atoms with van der Waals surface area (Å²) < 4.78 is 4.96. The van der Waals surface area contributed by atoms with E-state index in [4.69, 9.17) is 4.74 Å². The summed E-state index contributed by atoms with van der Waals surface area (Å²) in [7, 11) is 0. The van der Waals surface area contributed by atoms with Crippen molar-refractivity contribution in [3.8, 4) is 0 Å². The molecule has 120 valence electrons. The fourth-order valence-electron chi connectivity index (χ4n) is 2.63. The van der Waals surface area contributed by atoms with E-state index in [9.17, 15) is 4.79 Å². The molecule has 0 aliphatic rings. The standard InChI is InChI=1S/C18H36O2/c1-15(2)9-6-10-16(3)11-7-12-17(4)13-8-14-20-18(5)19/h15-17H,6-14H2,1-5H3/t16-,17-/m1/s1. The first-order valence-corrected chi connectivity index (χ1v) is 8.55. The number of hydrogen-bond donors (Lipinski definition) is 0. The second kappa shape index (κ2) is 12.2. The van der Waals surface area contributed by atoms with Crippen LogP contribution in [-0.4, -0.2) is 12.6 Å². The lowest BCUT2D eigenvalue weighted by atomic mass is 9.92. The molecule has 20 heavy (non-hydrogen) atoms. The van der Waals surface area contributed by atoms with Crippen molar-refractivity contribution in [1.82, 2.24) is 0 Å². The summed E-state index contributed by atoms with van der Waals surface area (Å²) in [6.45, 7) is 11.4. The van der Waals surface area contributed by atoms with Crippen molar-refractivity contribution in [3.63, 3.8) is 0 Å². The van der Waals surface area contributed by atoms with Crippen LogP contribution in [-0.2, 0) is 9.53 Å². The molecule has 2 nitrogen and oxygen atoms in total. The molecule has 0 aliphatic heterocycles. The first-order chi connectivity index (χ1) is 9.41. The Kier molecular flexibility index (Phi) is 11.9. The van der Waals surface area contributed by atoms with Gasteiger partial charge in [0.05, 0.1) is 6.61 Å². The zero-order valence-electron chi connectivity index (χ0n) is 14.4. The molecule has 0 aliphatic carbocycles. The number of hydrogen-bond acceptors (Lipinski definition) is 2. The Bertz CT molecular complexity index is 236. The lowest BCUT2D eigenvalue weighted by molar-refractivity contribution is -0.141. The maximum atomic E-state index is 10.6. The Labute approximate surface area is 126 Å². The van der Waals surface area contributed by atoms with E-state index in [-0.39, 0.29) is 5.97 Å². The topological polar surface area (TPSA) is 26.3 Å². The molecule has 0 N–H and O–H groups in total. The summed E-state index contributed by atoms with van der Waals surface area (Å²) in [6.07, 6.45) is 10.4. The maximum absolute atomic E-state index is 10.6. The number of esters is 1. The van der Waals surface area contributed by atoms with Gasteiger partial charge in [-0.1, -0.05) is 66.2 Å². The van der Waals surface area contributed by atoms with Gasteiger partial charge in [-0.3, -0.25) is 4.79 Å². The van der Waals surface area contributed by atoms with Crippen LogP contribution in [0.4, 0.5) is 0 Å². The highest BCUT2D eigenvalue weighted by atomic mass is 16.5. The van der Waals surface area contributed by atoms with Crippen LogP contribution < -0.4 is 0 Å². The number of carbonyl (C=O) groups is 1. The average Bonchev–Trinajstić information content (AvgIpc) is 2.34. The molecule has 0 saturated carbocycles. The fourth-order valence-corrected chi connectivity index (χ4v) is 2.63. The third-order valence-corrected chi connectivity index (χ3v) is 4.02. The molecule has 0 saturated heterocycles. The molecular weight excluding hydrogens is 248 g/mol. The molecule has 0 amide bonds. The van der Waals surface area contributed by atoms with E-state index in [0.717, 1.165) is 24.2 Å². The van der Waals surface area contributed by atoms with Gasteiger partial charge >= 0.3 is 5.97 Å². The Morgan fingerprint density at radius 2 is 1.25 bits per heavy atom. The molecule has 0 unspecified atom stereocenters. The average molecular weight is 284 g/mol. The molecule has 0 fully saturated rings. The summed E-state index contributed by atoms with van der Waals surface area (Å²) >= 11 is 0. The minimum atomic E-state index is -0.159. The van der Waals surface area contributed by atoms with Gasteiger partial charge in [0.2, 0.25) is 0 Å². The SMILES string of the molecule is CC(=O)OCCC[C@H](C)CCC[C@H](C)CCCC(C)C. The van der Waals surface area contributed by atoms with Crippen molar-refractivity contribution in [2.24, 2.45) is 17.8 Å². The van der Waals surface area contributed by atoms with Crippen molar-refractivity contribution < 1.29 is 9.53 Å². The molecule has 2 atom stereocenters. The quantitative estimate of drug-likeness (QED) is 0.344. The van der Waals surface area contributed by atoms with Crippen LogP contribution in [0.15, 0.2) is 0 Å². The lowest BCUT2D eigenvalue weighted by Crippen LogP contribution is -2.04. The summed E-state index contributed by atoms with van der Waals surface area (Å²) in [5, 5.41) is 0. The Morgan fingerprint density at radius 1 is 0.800 bits per heavy atom. The van der Waals surface area contributed by atoms with E-state index in [1.54, 1.807) is 0 Å². The second-order valence-electron chi connectivity index (χ2n) is 6.95. The lowest BCUT2D eigenvalue weighted by Gasteiger charge is -2.15. The Balaban J connectivity index is 3.41. The fraction of sp³-hybridized carbons (Fsp3) is 0.944. The number of carbonyl (C=O) groups excluding carboxylic acids is 1. The van der Waals surface area contributed by atoms with Gasteiger partial charge in [0, 0.05) is 6.92 Å². The van der Waals surface area contributed by atoms with Gasteiger partial charge in [-0.15, -0.1) is 0 Å². The highest BCUT2D eigenvalue weighted by Crippen LogP contribution is 2.20. The van der Waals surface area contributed by atoms with Crippen molar-refractivity contribution >= 4 is 5.97 Å². The van der Waals surface area contributed by atoms with Gasteiger partial charge in [-0.25, -0.2) is 0 Å². The zero-order chi connectivity index (χ0) is 15.4. The summed E-state index contributed by atoms with van der Waals surface area (Å²) in [4.78, 5) is 10.6. The molecule has 0 spiro atoms. The highest BCUT2D eigenvalue weighted by molar-refractivity contribution is 5.65. The minimum absolute atomic E-state index is 0.159. The van der Waals surface area contributed by atoms with Gasteiger partial charge in [-0.05, 0) is 30.6 Å². The largest absolute Gasteiger partial charge is 0.466 e. The molecule has 0 bridgehead atoms. The smallest absolute Gasteiger partial charge is 0.302 e. The minimum Gasteiger partial charge on any atom is -0.466 e. The van der Waals surface area contributed by atoms with Gasteiger partial charge in [-0.2, -0.15) is 0 Å². The molecule has 0 radical (unpaired) electrons. The van der Waals surface area contributed by atoms with Crippen LogP contribution >= 0.6 is 0 Å². The summed E-state index contributed by atoms with van der Waals surface area (Å²) in [6, 6.07) is 0. The van der Waals surface area contributed by atoms with Crippen LogP contribution in [0, 0.1) is 17.8 Å². The highest BCUT2D eigenvalue weighted by Gasteiger charge is 2.06. The Hall–Kier alpha value is -0.530. The first kappa shape index (κ1) is 19.5. The van der Waals surface area contributed by atoms with Crippen LogP contribution in [0.1, 0.15) is 86.0 Å². The van der Waals surface area contributed by atoms with Crippen LogP contribution in [0.2, 0.25) is 0 Å². The van der Waals surface area contributed by atoms with Gasteiger partial charge in [0.25, 0.3) is 0 Å². The molecule has 0 heterocycles. The summed E-state index contributed by atoms with van der Waals surface area (Å²) in [5.41, 5.74) is 0. The molecule has 2 heteroatoms. The van der Waals surface area contributed by atoms with E-state index < -0.39 is 0 Å². The molecular formula is C18H36O2. The number of ether oxygens (including phenoxy) is 1. The molecule has 0 aromatic carbocycles. The van der Waals surface area contributed by atoms with Crippen molar-refractivity contribution in [3.05, 3.63) is 0 Å². The van der Waals surface area contributed by atoms with Gasteiger partial charge < -0.3 is 4.74 Å². The van der Waals surface area contributed by atoms with Gasteiger partial charge in [0.15, 0.2) is 0 Å². The summed E-state index contributed by atoms with van der Waals surface area (Å²) in [5.74, 6) is 2.32. The monoisotopic (exact) mass is 284 g/mol. The van der Waals surface area contributed by atoms with E-state index in [1.165, 1.54) is 51.9 Å². The van der Waals surface area contributed by atoms with E-state index in [1.807, 2.05) is 0 Å².